The fraction of sp³-hybridized carbons (Fsp3) is 0.476. The molecule has 166 valence electrons. The molecule has 0 aliphatic heterocycles. The van der Waals surface area contributed by atoms with Crippen LogP contribution < -0.4 is 16.0 Å². The van der Waals surface area contributed by atoms with Gasteiger partial charge in [0.25, 0.3) is 0 Å². The van der Waals surface area contributed by atoms with Gasteiger partial charge in [0.2, 0.25) is 5.89 Å². The number of amides is 1. The Morgan fingerprint density at radius 2 is 1.83 bits per heavy atom. The number of aromatic nitrogens is 1. The van der Waals surface area contributed by atoms with E-state index in [2.05, 4.69) is 25.9 Å². The normalized spacial score (nSPS) is 11.4. The Kier molecular flexibility index (Phi) is 11.2. The number of hydrogen-bond donors (Lipinski definition) is 3. The van der Waals surface area contributed by atoms with Crippen LogP contribution in [-0.2, 0) is 11.3 Å². The van der Waals surface area contributed by atoms with Crippen molar-refractivity contribution in [2.24, 2.45) is 4.99 Å². The van der Waals surface area contributed by atoms with Crippen LogP contribution in [0.1, 0.15) is 39.8 Å². The van der Waals surface area contributed by atoms with E-state index in [1.165, 1.54) is 0 Å². The first-order valence-electron chi connectivity index (χ1n) is 9.86. The van der Waals surface area contributed by atoms with E-state index in [0.29, 0.717) is 31.5 Å². The third-order valence-electron chi connectivity index (χ3n) is 3.63. The predicted molar refractivity (Wildman–Crippen MR) is 129 cm³/mol. The molecule has 0 fully saturated rings. The number of halogens is 1. The number of nitrogens with one attached hydrogen (secondary N) is 3. The second-order valence-corrected chi connectivity index (χ2v) is 7.41. The molecule has 0 spiro atoms. The highest BCUT2D eigenvalue weighted by molar-refractivity contribution is 14.0. The number of alkyl carbamates (subject to hydrolysis) is 1. The van der Waals surface area contributed by atoms with Gasteiger partial charge in [0.1, 0.15) is 17.6 Å². The molecular formula is C21H32IN5O3. The number of carbonyl (C=O) groups excluding carboxylic acids is 1. The van der Waals surface area contributed by atoms with E-state index in [4.69, 9.17) is 9.15 Å². The molecular weight excluding hydrogens is 497 g/mol. The number of carbonyl (C=O) groups is 1. The van der Waals surface area contributed by atoms with Gasteiger partial charge >= 0.3 is 6.09 Å². The molecule has 8 nitrogen and oxygen atoms in total. The lowest BCUT2D eigenvalue weighted by atomic mass is 10.2. The fourth-order valence-corrected chi connectivity index (χ4v) is 2.39. The topological polar surface area (TPSA) is 101 Å². The van der Waals surface area contributed by atoms with Crippen LogP contribution in [0.25, 0.3) is 11.5 Å². The fourth-order valence-electron chi connectivity index (χ4n) is 2.39. The van der Waals surface area contributed by atoms with Crippen LogP contribution in [0.5, 0.6) is 0 Å². The molecule has 0 bridgehead atoms. The molecule has 1 heterocycles. The maximum Gasteiger partial charge on any atom is 0.407 e. The molecule has 0 aliphatic rings. The smallest absolute Gasteiger partial charge is 0.407 e. The molecule has 0 atom stereocenters. The summed E-state index contributed by atoms with van der Waals surface area (Å²) in [7, 11) is 0. The van der Waals surface area contributed by atoms with Gasteiger partial charge in [0.05, 0.1) is 6.54 Å². The van der Waals surface area contributed by atoms with Crippen LogP contribution in [0.4, 0.5) is 4.79 Å². The monoisotopic (exact) mass is 529 g/mol. The molecule has 0 radical (unpaired) electrons. The Labute approximate surface area is 195 Å². The van der Waals surface area contributed by atoms with Gasteiger partial charge in [-0.1, -0.05) is 18.2 Å². The average molecular weight is 529 g/mol. The molecule has 30 heavy (non-hydrogen) atoms. The van der Waals surface area contributed by atoms with Gasteiger partial charge < -0.3 is 25.1 Å². The zero-order valence-corrected chi connectivity index (χ0v) is 20.4. The van der Waals surface area contributed by atoms with E-state index in [9.17, 15) is 4.79 Å². The molecule has 0 saturated carbocycles. The molecule has 0 aliphatic carbocycles. The van der Waals surface area contributed by atoms with E-state index >= 15 is 0 Å². The van der Waals surface area contributed by atoms with Gasteiger partial charge in [0.15, 0.2) is 5.96 Å². The van der Waals surface area contributed by atoms with Crippen molar-refractivity contribution < 1.29 is 13.9 Å². The molecule has 1 aromatic heterocycles. The Bertz CT molecular complexity index is 787. The van der Waals surface area contributed by atoms with Crippen molar-refractivity contribution in [2.45, 2.75) is 46.3 Å². The lowest BCUT2D eigenvalue weighted by Crippen LogP contribution is -2.39. The van der Waals surface area contributed by atoms with Crippen molar-refractivity contribution in [1.82, 2.24) is 20.9 Å². The summed E-state index contributed by atoms with van der Waals surface area (Å²) in [6.07, 6.45) is 1.96. The highest BCUT2D eigenvalue weighted by Gasteiger charge is 2.15. The van der Waals surface area contributed by atoms with Gasteiger partial charge in [0, 0.05) is 25.2 Å². The van der Waals surface area contributed by atoms with Crippen molar-refractivity contribution >= 4 is 36.0 Å². The zero-order valence-electron chi connectivity index (χ0n) is 18.0. The van der Waals surface area contributed by atoms with Crippen LogP contribution in [0.2, 0.25) is 0 Å². The van der Waals surface area contributed by atoms with Crippen molar-refractivity contribution in [1.29, 1.82) is 0 Å². The first kappa shape index (κ1) is 25.7. The van der Waals surface area contributed by atoms with Gasteiger partial charge in [-0.15, -0.1) is 24.0 Å². The van der Waals surface area contributed by atoms with E-state index < -0.39 is 11.7 Å². The lowest BCUT2D eigenvalue weighted by Gasteiger charge is -2.19. The third-order valence-corrected chi connectivity index (χ3v) is 3.63. The number of ether oxygens (including phenoxy) is 1. The SMILES string of the molecule is CCNC(=NCc1coc(-c2ccccc2)n1)NCCCNC(=O)OC(C)(C)C.I. The van der Waals surface area contributed by atoms with Crippen molar-refractivity contribution in [2.75, 3.05) is 19.6 Å². The number of rotatable bonds is 8. The maximum absolute atomic E-state index is 11.6. The summed E-state index contributed by atoms with van der Waals surface area (Å²) in [6, 6.07) is 9.76. The average Bonchev–Trinajstić information content (AvgIpc) is 3.14. The molecule has 2 rings (SSSR count). The molecule has 0 unspecified atom stereocenters. The van der Waals surface area contributed by atoms with Crippen LogP contribution in [-0.4, -0.2) is 42.3 Å². The number of guanidine groups is 1. The minimum absolute atomic E-state index is 0. The number of aliphatic imine (C=N–C) groups is 1. The van der Waals surface area contributed by atoms with Gasteiger partial charge in [-0.05, 0) is 46.2 Å². The predicted octanol–water partition coefficient (Wildman–Crippen LogP) is 3.93. The molecule has 1 amide bonds. The quantitative estimate of drug-likeness (QED) is 0.208. The minimum atomic E-state index is -0.491. The van der Waals surface area contributed by atoms with Gasteiger partial charge in [-0.25, -0.2) is 14.8 Å². The standard InChI is InChI=1S/C21H31N5O3.HI/c1-5-22-19(23-12-9-13-24-20(27)29-21(2,3)4)25-14-17-15-28-18(26-17)16-10-7-6-8-11-16;/h6-8,10-11,15H,5,9,12-14H2,1-4H3,(H,24,27)(H2,22,23,25);1H. The van der Waals surface area contributed by atoms with Crippen LogP contribution in [0.3, 0.4) is 0 Å². The highest BCUT2D eigenvalue weighted by Crippen LogP contribution is 2.18. The molecule has 2 aromatic rings. The van der Waals surface area contributed by atoms with Crippen molar-refractivity contribution in [3.05, 3.63) is 42.3 Å². The Hall–Kier alpha value is -2.30. The number of hydrogen-bond acceptors (Lipinski definition) is 5. The zero-order chi connectivity index (χ0) is 21.1. The molecule has 9 heteroatoms. The second-order valence-electron chi connectivity index (χ2n) is 7.41. The molecule has 3 N–H and O–H groups in total. The van der Waals surface area contributed by atoms with Crippen molar-refractivity contribution in [3.63, 3.8) is 0 Å². The Morgan fingerprint density at radius 1 is 1.13 bits per heavy atom. The van der Waals surface area contributed by atoms with E-state index in [-0.39, 0.29) is 24.0 Å². The Balaban J connectivity index is 0.00000450. The van der Waals surface area contributed by atoms with Crippen LogP contribution >= 0.6 is 24.0 Å². The largest absolute Gasteiger partial charge is 0.444 e. The maximum atomic E-state index is 11.6. The minimum Gasteiger partial charge on any atom is -0.444 e. The number of benzene rings is 1. The summed E-state index contributed by atoms with van der Waals surface area (Å²) < 4.78 is 10.7. The third kappa shape index (κ3) is 9.95. The number of nitrogens with zero attached hydrogens (tertiary/aromatic N) is 2. The number of oxazole rings is 1. The van der Waals surface area contributed by atoms with E-state index in [1.807, 2.05) is 58.0 Å². The summed E-state index contributed by atoms with van der Waals surface area (Å²) in [5.41, 5.74) is 1.20. The van der Waals surface area contributed by atoms with E-state index in [1.54, 1.807) is 6.26 Å². The molecule has 0 saturated heterocycles. The van der Waals surface area contributed by atoms with Gasteiger partial charge in [-0.2, -0.15) is 0 Å². The van der Waals surface area contributed by atoms with Crippen molar-refractivity contribution in [3.8, 4) is 11.5 Å². The van der Waals surface area contributed by atoms with Crippen LogP contribution in [0, 0.1) is 0 Å². The molecule has 1 aromatic carbocycles. The van der Waals surface area contributed by atoms with Crippen LogP contribution in [0.15, 0.2) is 46.0 Å². The second kappa shape index (κ2) is 13.1. The first-order chi connectivity index (χ1) is 13.9. The summed E-state index contributed by atoms with van der Waals surface area (Å²) in [5, 5.41) is 9.17. The first-order valence-corrected chi connectivity index (χ1v) is 9.86. The summed E-state index contributed by atoms with van der Waals surface area (Å²) in [6.45, 7) is 9.85. The summed E-state index contributed by atoms with van der Waals surface area (Å²) >= 11 is 0. The highest BCUT2D eigenvalue weighted by atomic mass is 127. The summed E-state index contributed by atoms with van der Waals surface area (Å²) in [4.78, 5) is 20.6. The van der Waals surface area contributed by atoms with E-state index in [0.717, 1.165) is 24.2 Å². The van der Waals surface area contributed by atoms with Gasteiger partial charge in [-0.3, -0.25) is 0 Å². The lowest BCUT2D eigenvalue weighted by molar-refractivity contribution is 0.0527. The summed E-state index contributed by atoms with van der Waals surface area (Å²) in [5.74, 6) is 1.27. The Morgan fingerprint density at radius 3 is 2.50 bits per heavy atom.